The largest absolute Gasteiger partial charge is 0.496 e. The van der Waals surface area contributed by atoms with Crippen molar-refractivity contribution in [2.45, 2.75) is 26.8 Å². The molecule has 0 aliphatic heterocycles. The summed E-state index contributed by atoms with van der Waals surface area (Å²) in [7, 11) is 1.69. The fourth-order valence-corrected chi connectivity index (χ4v) is 2.47. The number of benzene rings is 2. The van der Waals surface area contributed by atoms with Gasteiger partial charge < -0.3 is 4.74 Å². The third kappa shape index (κ3) is 2.69. The van der Waals surface area contributed by atoms with Gasteiger partial charge in [-0.2, -0.15) is 0 Å². The van der Waals surface area contributed by atoms with E-state index in [4.69, 9.17) is 10.6 Å². The highest BCUT2D eigenvalue weighted by Gasteiger charge is 2.16. The first-order valence-corrected chi connectivity index (χ1v) is 6.75. The molecular weight excluding hydrogens is 248 g/mol. The van der Waals surface area contributed by atoms with Crippen LogP contribution < -0.4 is 16.0 Å². The standard InChI is InChI=1S/C17H22N2O/c1-11-6-5-7-15(13(11)3)17(19-18)14-9-8-12(2)16(10-14)20-4/h5-10,17,19H,18H2,1-4H3. The van der Waals surface area contributed by atoms with Crippen molar-refractivity contribution in [2.75, 3.05) is 7.11 Å². The molecular formula is C17H22N2O. The van der Waals surface area contributed by atoms with Crippen LogP contribution in [0, 0.1) is 20.8 Å². The Bertz CT molecular complexity index is 608. The lowest BCUT2D eigenvalue weighted by atomic mass is 9.92. The molecule has 2 aromatic carbocycles. The molecule has 0 spiro atoms. The van der Waals surface area contributed by atoms with E-state index in [1.54, 1.807) is 7.11 Å². The van der Waals surface area contributed by atoms with E-state index in [1.165, 1.54) is 16.7 Å². The van der Waals surface area contributed by atoms with E-state index in [2.05, 4.69) is 49.6 Å². The van der Waals surface area contributed by atoms with Gasteiger partial charge in [-0.05, 0) is 54.7 Å². The van der Waals surface area contributed by atoms with Gasteiger partial charge in [0.1, 0.15) is 5.75 Å². The van der Waals surface area contributed by atoms with E-state index in [9.17, 15) is 0 Å². The van der Waals surface area contributed by atoms with Gasteiger partial charge in [-0.25, -0.2) is 5.43 Å². The Balaban J connectivity index is 2.49. The lowest BCUT2D eigenvalue weighted by Crippen LogP contribution is -2.29. The first kappa shape index (κ1) is 14.6. The average molecular weight is 270 g/mol. The van der Waals surface area contributed by atoms with E-state index < -0.39 is 0 Å². The summed E-state index contributed by atoms with van der Waals surface area (Å²) in [4.78, 5) is 0. The second kappa shape index (κ2) is 6.07. The molecule has 3 N–H and O–H groups in total. The number of aryl methyl sites for hydroxylation is 2. The zero-order valence-corrected chi connectivity index (χ0v) is 12.5. The Morgan fingerprint density at radius 2 is 1.80 bits per heavy atom. The van der Waals surface area contributed by atoms with Crippen molar-refractivity contribution < 1.29 is 4.74 Å². The number of nitrogens with one attached hydrogen (secondary N) is 1. The lowest BCUT2D eigenvalue weighted by molar-refractivity contribution is 0.410. The number of hydrogen-bond donors (Lipinski definition) is 2. The molecule has 0 bridgehead atoms. The maximum atomic E-state index is 5.79. The van der Waals surface area contributed by atoms with Gasteiger partial charge in [-0.15, -0.1) is 0 Å². The van der Waals surface area contributed by atoms with Gasteiger partial charge in [-0.3, -0.25) is 5.84 Å². The van der Waals surface area contributed by atoms with Crippen molar-refractivity contribution in [3.8, 4) is 5.75 Å². The maximum Gasteiger partial charge on any atom is 0.122 e. The monoisotopic (exact) mass is 270 g/mol. The minimum Gasteiger partial charge on any atom is -0.496 e. The summed E-state index contributed by atoms with van der Waals surface area (Å²) in [5.74, 6) is 6.68. The van der Waals surface area contributed by atoms with Crippen LogP contribution in [-0.4, -0.2) is 7.11 Å². The number of rotatable bonds is 4. The molecule has 0 radical (unpaired) electrons. The molecule has 1 atom stereocenters. The molecule has 0 aromatic heterocycles. The predicted molar refractivity (Wildman–Crippen MR) is 82.8 cm³/mol. The second-order valence-electron chi connectivity index (χ2n) is 5.12. The molecule has 0 aliphatic rings. The van der Waals surface area contributed by atoms with Crippen molar-refractivity contribution in [2.24, 2.45) is 5.84 Å². The normalized spacial score (nSPS) is 12.2. The van der Waals surface area contributed by atoms with Gasteiger partial charge >= 0.3 is 0 Å². The van der Waals surface area contributed by atoms with Crippen molar-refractivity contribution >= 4 is 0 Å². The quantitative estimate of drug-likeness (QED) is 0.662. The number of hydrazine groups is 1. The highest BCUT2D eigenvalue weighted by Crippen LogP contribution is 2.29. The lowest BCUT2D eigenvalue weighted by Gasteiger charge is -2.21. The molecule has 2 aromatic rings. The van der Waals surface area contributed by atoms with Crippen LogP contribution in [0.15, 0.2) is 36.4 Å². The molecule has 2 rings (SSSR count). The van der Waals surface area contributed by atoms with E-state index in [0.717, 1.165) is 16.9 Å². The predicted octanol–water partition coefficient (Wildman–Crippen LogP) is 3.17. The summed E-state index contributed by atoms with van der Waals surface area (Å²) < 4.78 is 5.40. The molecule has 106 valence electrons. The maximum absolute atomic E-state index is 5.79. The van der Waals surface area contributed by atoms with Gasteiger partial charge in [-0.1, -0.05) is 30.3 Å². The molecule has 0 fully saturated rings. The minimum atomic E-state index is -0.0376. The Kier molecular flexibility index (Phi) is 4.42. The summed E-state index contributed by atoms with van der Waals surface area (Å²) in [6.07, 6.45) is 0. The number of nitrogens with two attached hydrogens (primary N) is 1. The molecule has 1 unspecified atom stereocenters. The van der Waals surface area contributed by atoms with E-state index in [1.807, 2.05) is 13.0 Å². The zero-order chi connectivity index (χ0) is 14.7. The van der Waals surface area contributed by atoms with E-state index in [0.29, 0.717) is 0 Å². The van der Waals surface area contributed by atoms with Crippen molar-refractivity contribution in [1.29, 1.82) is 0 Å². The van der Waals surface area contributed by atoms with Gasteiger partial charge in [0.05, 0.1) is 13.2 Å². The SMILES string of the molecule is COc1cc(C(NN)c2cccc(C)c2C)ccc1C. The molecule has 0 heterocycles. The van der Waals surface area contributed by atoms with Crippen molar-refractivity contribution in [1.82, 2.24) is 5.43 Å². The molecule has 3 nitrogen and oxygen atoms in total. The molecule has 0 saturated heterocycles. The van der Waals surface area contributed by atoms with Crippen LogP contribution >= 0.6 is 0 Å². The van der Waals surface area contributed by atoms with Gasteiger partial charge in [0.15, 0.2) is 0 Å². The molecule has 20 heavy (non-hydrogen) atoms. The highest BCUT2D eigenvalue weighted by atomic mass is 16.5. The summed E-state index contributed by atoms with van der Waals surface area (Å²) in [6.45, 7) is 6.27. The van der Waals surface area contributed by atoms with Crippen LogP contribution in [0.25, 0.3) is 0 Å². The Morgan fingerprint density at radius 1 is 1.05 bits per heavy atom. The molecule has 3 heteroatoms. The second-order valence-corrected chi connectivity index (χ2v) is 5.12. The summed E-state index contributed by atoms with van der Waals surface area (Å²) in [6, 6.07) is 12.4. The summed E-state index contributed by atoms with van der Waals surface area (Å²) >= 11 is 0. The highest BCUT2D eigenvalue weighted by molar-refractivity contribution is 5.44. The minimum absolute atomic E-state index is 0.0376. The van der Waals surface area contributed by atoms with Crippen LogP contribution in [0.4, 0.5) is 0 Å². The van der Waals surface area contributed by atoms with Crippen LogP contribution in [0.3, 0.4) is 0 Å². The third-order valence-corrected chi connectivity index (χ3v) is 3.89. The fourth-order valence-electron chi connectivity index (χ4n) is 2.47. The zero-order valence-electron chi connectivity index (χ0n) is 12.5. The molecule has 0 aliphatic carbocycles. The van der Waals surface area contributed by atoms with Gasteiger partial charge in [0.25, 0.3) is 0 Å². The summed E-state index contributed by atoms with van der Waals surface area (Å²) in [5, 5.41) is 0. The molecule has 0 saturated carbocycles. The number of ether oxygens (including phenoxy) is 1. The van der Waals surface area contributed by atoms with Gasteiger partial charge in [0, 0.05) is 0 Å². The Labute approximate surface area is 120 Å². The average Bonchev–Trinajstić information content (AvgIpc) is 2.45. The van der Waals surface area contributed by atoms with Crippen LogP contribution in [-0.2, 0) is 0 Å². The van der Waals surface area contributed by atoms with E-state index >= 15 is 0 Å². The smallest absolute Gasteiger partial charge is 0.122 e. The van der Waals surface area contributed by atoms with E-state index in [-0.39, 0.29) is 6.04 Å². The van der Waals surface area contributed by atoms with Gasteiger partial charge in [0.2, 0.25) is 0 Å². The van der Waals surface area contributed by atoms with Crippen LogP contribution in [0.1, 0.15) is 33.9 Å². The topological polar surface area (TPSA) is 47.3 Å². The summed E-state index contributed by atoms with van der Waals surface area (Å²) in [5.41, 5.74) is 8.85. The van der Waals surface area contributed by atoms with Crippen LogP contribution in [0.5, 0.6) is 5.75 Å². The van der Waals surface area contributed by atoms with Crippen molar-refractivity contribution in [3.05, 3.63) is 64.2 Å². The Hall–Kier alpha value is -1.84. The van der Waals surface area contributed by atoms with Crippen molar-refractivity contribution in [3.63, 3.8) is 0 Å². The fraction of sp³-hybridized carbons (Fsp3) is 0.294. The number of hydrogen-bond acceptors (Lipinski definition) is 3. The first-order chi connectivity index (χ1) is 9.58. The van der Waals surface area contributed by atoms with Crippen LogP contribution in [0.2, 0.25) is 0 Å². The Morgan fingerprint density at radius 3 is 2.45 bits per heavy atom. The molecule has 0 amide bonds. The third-order valence-electron chi connectivity index (χ3n) is 3.89. The first-order valence-electron chi connectivity index (χ1n) is 6.75. The number of methoxy groups -OCH3 is 1.